The number of carbonyl (C=O) groups is 13. The van der Waals surface area contributed by atoms with Gasteiger partial charge >= 0.3 is 47.8 Å². The minimum absolute atomic E-state index is 0.00289. The SMILES string of the molecule is CC(=O)O[C@H]1C(=O)[C@@]2(C)C([C@H](OC(=O)c3ccccc3)[C@]3(O)C[C@H](OC(=O)[C@H](O)[C@@H](NC(=O)c4ccccc4)c4ccccc4)C(C)=C1C3(C)C)[C@]1(OC(C)=O)CO[C@@H]1C[C@@H]2O.CC(=O)O[C@H]1C(=O)[C@@]2(C)C([C@H](OC(=O)c3ccccc3)[C@]3(O)C[C@H](OC(=O)[C@H](O)[C@@H](NC(=O)c4ccccc4)c4ccccc4)C(C)=C1C3(C)C)[C@]1(OC(C)=O)CO[C@@H]1C[C@@H]2O.CN(C)C=O. The minimum Gasteiger partial charge on any atom is -0.456 e. The number of aliphatic hydroxyl groups excluding tert-OH is 4. The number of aliphatic hydroxyl groups is 6. The van der Waals surface area contributed by atoms with E-state index in [-0.39, 0.29) is 70.6 Å². The van der Waals surface area contributed by atoms with E-state index in [4.69, 9.17) is 47.4 Å². The molecule has 14 rings (SSSR count). The summed E-state index contributed by atoms with van der Waals surface area (Å²) >= 11 is 0. The number of esters is 8. The maximum atomic E-state index is 15.5. The Morgan fingerprint density at radius 3 is 0.992 bits per heavy atom. The van der Waals surface area contributed by atoms with E-state index in [1.165, 1.54) is 56.9 Å². The zero-order valence-corrected chi connectivity index (χ0v) is 73.9. The first-order chi connectivity index (χ1) is 60.8. The molecule has 8 aliphatic rings. The molecule has 686 valence electrons. The Bertz CT molecular complexity index is 5000. The maximum absolute atomic E-state index is 15.5. The summed E-state index contributed by atoms with van der Waals surface area (Å²) < 4.78 is 60.5. The zero-order chi connectivity index (χ0) is 94.2. The molecule has 6 aliphatic carbocycles. The van der Waals surface area contributed by atoms with Crippen molar-refractivity contribution in [2.24, 2.45) is 33.5 Å². The number of rotatable bonds is 21. The van der Waals surface area contributed by atoms with Crippen LogP contribution in [0.4, 0.5) is 0 Å². The van der Waals surface area contributed by atoms with Gasteiger partial charge in [0.15, 0.2) is 47.2 Å². The summed E-state index contributed by atoms with van der Waals surface area (Å²) in [4.78, 5) is 178. The quantitative estimate of drug-likeness (QED) is 0.0153. The molecular formula is C97H109N3O29. The summed E-state index contributed by atoms with van der Waals surface area (Å²) in [5.41, 5.74) is -14.0. The Morgan fingerprint density at radius 2 is 0.729 bits per heavy atom. The Hall–Kier alpha value is -12.0. The average molecular weight is 1780 g/mol. The van der Waals surface area contributed by atoms with Gasteiger partial charge in [-0.2, -0.15) is 0 Å². The van der Waals surface area contributed by atoms with E-state index in [0.29, 0.717) is 11.1 Å². The summed E-state index contributed by atoms with van der Waals surface area (Å²) in [5.74, 6) is -13.7. The van der Waals surface area contributed by atoms with E-state index in [1.807, 2.05) is 0 Å². The lowest BCUT2D eigenvalue weighted by atomic mass is 9.44. The van der Waals surface area contributed by atoms with Crippen molar-refractivity contribution in [2.75, 3.05) is 27.3 Å². The van der Waals surface area contributed by atoms with Crippen molar-refractivity contribution in [3.05, 3.63) is 238 Å². The molecule has 2 aliphatic heterocycles. The number of nitrogens with one attached hydrogen (secondary N) is 2. The van der Waals surface area contributed by atoms with E-state index in [2.05, 4.69) is 10.6 Å². The molecule has 22 atom stereocenters. The van der Waals surface area contributed by atoms with Crippen LogP contribution >= 0.6 is 0 Å². The van der Waals surface area contributed by atoms with Crippen LogP contribution in [-0.2, 0) is 90.5 Å². The number of carbonyl (C=O) groups excluding carboxylic acids is 13. The molecule has 32 heteroatoms. The van der Waals surface area contributed by atoms with Gasteiger partial charge in [0.1, 0.15) is 47.8 Å². The van der Waals surface area contributed by atoms with Gasteiger partial charge in [0, 0.05) is 89.4 Å². The lowest BCUT2D eigenvalue weighted by Gasteiger charge is -2.67. The highest BCUT2D eigenvalue weighted by Crippen LogP contribution is 2.67. The number of hydrogen-bond acceptors (Lipinski definition) is 29. The number of Topliss-reactive ketones (excluding diaryl/α,β-unsaturated/α-hetero) is 2. The Balaban J connectivity index is 0.000000222. The normalized spacial score (nSPS) is 30.9. The number of nitrogens with zero attached hydrogens (tertiary/aromatic N) is 1. The van der Waals surface area contributed by atoms with E-state index in [0.717, 1.165) is 34.1 Å². The van der Waals surface area contributed by atoms with Gasteiger partial charge in [-0.3, -0.25) is 43.2 Å². The molecule has 6 fully saturated rings. The molecule has 32 nitrogen and oxygen atoms in total. The molecule has 2 unspecified atom stereocenters. The van der Waals surface area contributed by atoms with Crippen LogP contribution in [0.2, 0.25) is 0 Å². The summed E-state index contributed by atoms with van der Waals surface area (Å²) in [6.45, 7) is 15.9. The molecule has 2 saturated heterocycles. The van der Waals surface area contributed by atoms with Crippen molar-refractivity contribution >= 4 is 77.5 Å². The second-order valence-corrected chi connectivity index (χ2v) is 35.8. The van der Waals surface area contributed by atoms with Gasteiger partial charge in [0.25, 0.3) is 11.8 Å². The Morgan fingerprint density at radius 1 is 0.442 bits per heavy atom. The monoisotopic (exact) mass is 1780 g/mol. The van der Waals surface area contributed by atoms with Gasteiger partial charge in [-0.1, -0.05) is 161 Å². The summed E-state index contributed by atoms with van der Waals surface area (Å²) in [6, 6.07) is 45.9. The number of benzene rings is 6. The Kier molecular flexibility index (Phi) is 28.0. The molecule has 6 aromatic rings. The molecule has 2 heterocycles. The third-order valence-corrected chi connectivity index (χ3v) is 27.2. The lowest BCUT2D eigenvalue weighted by molar-refractivity contribution is -0.346. The fraction of sp³-hybridized carbons (Fsp3) is 0.454. The van der Waals surface area contributed by atoms with E-state index in [1.54, 1.807) is 200 Å². The average Bonchev–Trinajstić information content (AvgIpc) is 0.671. The first-order valence-electron chi connectivity index (χ1n) is 42.3. The summed E-state index contributed by atoms with van der Waals surface area (Å²) in [7, 11) is 3.38. The molecule has 0 radical (unpaired) electrons. The van der Waals surface area contributed by atoms with Crippen LogP contribution in [0.1, 0.15) is 173 Å². The lowest BCUT2D eigenvalue weighted by Crippen LogP contribution is -2.82. The first-order valence-corrected chi connectivity index (χ1v) is 42.3. The fourth-order valence-corrected chi connectivity index (χ4v) is 20.4. The van der Waals surface area contributed by atoms with Gasteiger partial charge in [0.05, 0.1) is 71.3 Å². The zero-order valence-electron chi connectivity index (χ0n) is 73.9. The van der Waals surface area contributed by atoms with Crippen molar-refractivity contribution < 1.29 is 140 Å². The molecule has 129 heavy (non-hydrogen) atoms. The second kappa shape index (κ2) is 37.6. The maximum Gasteiger partial charge on any atom is 0.338 e. The Labute approximate surface area is 744 Å². The predicted octanol–water partition coefficient (Wildman–Crippen LogP) is 7.18. The van der Waals surface area contributed by atoms with Crippen LogP contribution in [0, 0.1) is 33.5 Å². The highest BCUT2D eigenvalue weighted by molar-refractivity contribution is 5.99. The minimum atomic E-state index is -2.39. The van der Waals surface area contributed by atoms with Crippen molar-refractivity contribution in [1.82, 2.24) is 15.5 Å². The van der Waals surface area contributed by atoms with Crippen LogP contribution in [0.15, 0.2) is 204 Å². The standard InChI is InChI=1S/2C47H51NO14.C3H7NO/c2*1-25-31(60-43(56)36(52)35(28-16-10-7-11-17-28)48-41(54)29-18-12-8-13-19-29)23-47(57)40(61-42(55)30-20-14-9-15-21-30)38-45(6,32(51)22-33-46(38,24-58-33)62-27(3)50)39(53)37(59-26(2)49)34(25)44(47,4)5;1-4(2)3-5/h2*7-21,31-33,35-38,40,51-52,57H,22-24H2,1-6H3,(H,48,54);3H,1-2H3/t2*31-,32-,33+,35-,36+,37+,38?,40-,45+,46-,47+;/m00./s1. The molecule has 0 aromatic heterocycles. The van der Waals surface area contributed by atoms with Crippen molar-refractivity contribution in [1.29, 1.82) is 0 Å². The highest BCUT2D eigenvalue weighted by Gasteiger charge is 2.81. The molecule has 8 N–H and O–H groups in total. The highest BCUT2D eigenvalue weighted by atomic mass is 16.7. The van der Waals surface area contributed by atoms with Gasteiger partial charge < -0.3 is 93.5 Å². The van der Waals surface area contributed by atoms with Crippen LogP contribution in [0.5, 0.6) is 0 Å². The predicted molar refractivity (Wildman–Crippen MR) is 455 cm³/mol. The van der Waals surface area contributed by atoms with Gasteiger partial charge in [-0.25, -0.2) is 19.2 Å². The second-order valence-electron chi connectivity index (χ2n) is 35.8. The number of fused-ring (bicyclic) bond motifs is 10. The van der Waals surface area contributed by atoms with Crippen LogP contribution < -0.4 is 10.6 Å². The number of ether oxygens (including phenoxy) is 10. The smallest absolute Gasteiger partial charge is 0.338 e. The van der Waals surface area contributed by atoms with Crippen molar-refractivity contribution in [2.45, 2.75) is 217 Å². The number of ketones is 2. The topological polar surface area (TPSA) is 463 Å². The number of amides is 3. The van der Waals surface area contributed by atoms with Gasteiger partial charge in [-0.05, 0) is 110 Å². The summed E-state index contributed by atoms with van der Waals surface area (Å²) in [6.07, 6.45) is -20.3. The molecule has 4 bridgehead atoms. The van der Waals surface area contributed by atoms with Crippen molar-refractivity contribution in [3.8, 4) is 0 Å². The third-order valence-electron chi connectivity index (χ3n) is 27.2. The van der Waals surface area contributed by atoms with Gasteiger partial charge in [0.2, 0.25) is 6.41 Å². The van der Waals surface area contributed by atoms with E-state index < -0.39 is 225 Å². The molecule has 0 spiro atoms. The van der Waals surface area contributed by atoms with Gasteiger partial charge in [-0.15, -0.1) is 0 Å². The first kappa shape index (κ1) is 96.1. The van der Waals surface area contributed by atoms with E-state index >= 15 is 9.59 Å². The molecule has 4 saturated carbocycles. The summed E-state index contributed by atoms with van der Waals surface area (Å²) in [5, 5.41) is 80.5. The number of hydrogen-bond donors (Lipinski definition) is 8. The van der Waals surface area contributed by atoms with Crippen molar-refractivity contribution in [3.63, 3.8) is 0 Å². The van der Waals surface area contributed by atoms with Crippen LogP contribution in [0.25, 0.3) is 0 Å². The molecule has 3 amide bonds. The third kappa shape index (κ3) is 17.7. The molecular weight excluding hydrogens is 1670 g/mol. The largest absolute Gasteiger partial charge is 0.456 e. The van der Waals surface area contributed by atoms with Crippen LogP contribution in [-0.4, -0.2) is 236 Å². The van der Waals surface area contributed by atoms with E-state index in [9.17, 15) is 83.4 Å². The molecule has 6 aromatic carbocycles. The van der Waals surface area contributed by atoms with Crippen LogP contribution in [0.3, 0.4) is 0 Å². The fourth-order valence-electron chi connectivity index (χ4n) is 20.4.